The minimum absolute atomic E-state index is 0.0337. The maximum Gasteiger partial charge on any atom is 0.325 e. The monoisotopic (exact) mass is 469 g/mol. The largest absolute Gasteiger partial charge is 0.493 e. The first-order chi connectivity index (χ1) is 16.2. The van der Waals surface area contributed by atoms with Gasteiger partial charge in [-0.3, -0.25) is 14.5 Å². The number of methoxy groups -OCH3 is 2. The van der Waals surface area contributed by atoms with Gasteiger partial charge >= 0.3 is 6.03 Å². The minimum Gasteiger partial charge on any atom is -0.493 e. The van der Waals surface area contributed by atoms with Crippen LogP contribution in [0.1, 0.15) is 57.9 Å². The number of ether oxygens (including phenoxy) is 2. The molecule has 0 spiro atoms. The Balaban J connectivity index is 1.27. The normalized spacial score (nSPS) is 34.7. The average molecular weight is 470 g/mol. The summed E-state index contributed by atoms with van der Waals surface area (Å²) in [6, 6.07) is 4.56. The van der Waals surface area contributed by atoms with Crippen LogP contribution >= 0.6 is 0 Å². The summed E-state index contributed by atoms with van der Waals surface area (Å²) in [5.74, 6) is 2.62. The molecule has 8 heteroatoms. The number of nitrogens with one attached hydrogen (secondary N) is 2. The predicted molar refractivity (Wildman–Crippen MR) is 125 cm³/mol. The molecular weight excluding hydrogens is 434 g/mol. The lowest BCUT2D eigenvalue weighted by molar-refractivity contribution is -0.136. The highest BCUT2D eigenvalue weighted by Gasteiger charge is 2.54. The summed E-state index contributed by atoms with van der Waals surface area (Å²) in [6.07, 6.45) is 7.58. The van der Waals surface area contributed by atoms with Crippen molar-refractivity contribution >= 4 is 17.8 Å². The summed E-state index contributed by atoms with van der Waals surface area (Å²) in [5, 5.41) is 5.92. The fraction of sp³-hybridized carbons (Fsp3) is 0.654. The van der Waals surface area contributed by atoms with E-state index in [-0.39, 0.29) is 23.9 Å². The number of benzene rings is 1. The van der Waals surface area contributed by atoms with Crippen LogP contribution in [0.4, 0.5) is 4.79 Å². The number of rotatable bonds is 7. The molecule has 4 bridgehead atoms. The zero-order valence-corrected chi connectivity index (χ0v) is 20.5. The van der Waals surface area contributed by atoms with E-state index in [4.69, 9.17) is 9.47 Å². The van der Waals surface area contributed by atoms with Gasteiger partial charge in [0.1, 0.15) is 12.1 Å². The van der Waals surface area contributed by atoms with Crippen LogP contribution in [0.5, 0.6) is 11.5 Å². The molecule has 8 nitrogen and oxygen atoms in total. The van der Waals surface area contributed by atoms with E-state index in [9.17, 15) is 14.4 Å². The van der Waals surface area contributed by atoms with Gasteiger partial charge in [-0.15, -0.1) is 0 Å². The SMILES string of the molecule is COc1ccc([C@@]2(C)NC(=O)N(CC(=O)N[C@H](C)C34CC5CC(CC(C5)C3)C4)C2=O)cc1OC. The van der Waals surface area contributed by atoms with E-state index in [1.807, 2.05) is 0 Å². The first-order valence-corrected chi connectivity index (χ1v) is 12.3. The van der Waals surface area contributed by atoms with Gasteiger partial charge in [0.15, 0.2) is 11.5 Å². The van der Waals surface area contributed by atoms with Crippen LogP contribution in [0.25, 0.3) is 0 Å². The molecule has 5 fully saturated rings. The number of amides is 4. The van der Waals surface area contributed by atoms with E-state index >= 15 is 0 Å². The summed E-state index contributed by atoms with van der Waals surface area (Å²) in [6.45, 7) is 3.46. The Labute approximate surface area is 200 Å². The van der Waals surface area contributed by atoms with Crippen molar-refractivity contribution in [2.45, 2.75) is 64.0 Å². The summed E-state index contributed by atoms with van der Waals surface area (Å²) in [4.78, 5) is 40.1. The fourth-order valence-corrected chi connectivity index (χ4v) is 7.48. The van der Waals surface area contributed by atoms with E-state index in [0.29, 0.717) is 17.1 Å². The zero-order valence-electron chi connectivity index (χ0n) is 20.5. The van der Waals surface area contributed by atoms with Crippen LogP contribution in [0.2, 0.25) is 0 Å². The van der Waals surface area contributed by atoms with Crippen molar-refractivity contribution in [2.24, 2.45) is 23.2 Å². The highest BCUT2D eigenvalue weighted by Crippen LogP contribution is 2.61. The third kappa shape index (κ3) is 3.62. The van der Waals surface area contributed by atoms with Gasteiger partial charge in [-0.05, 0) is 93.2 Å². The molecule has 0 radical (unpaired) electrons. The molecule has 2 N–H and O–H groups in total. The number of carbonyl (C=O) groups excluding carboxylic acids is 3. The van der Waals surface area contributed by atoms with Gasteiger partial charge in [-0.2, -0.15) is 0 Å². The summed E-state index contributed by atoms with van der Waals surface area (Å²) in [5.41, 5.74) is -0.563. The number of hydrogen-bond donors (Lipinski definition) is 2. The van der Waals surface area contributed by atoms with Gasteiger partial charge in [0.25, 0.3) is 5.91 Å². The smallest absolute Gasteiger partial charge is 0.325 e. The van der Waals surface area contributed by atoms with Crippen molar-refractivity contribution in [3.8, 4) is 11.5 Å². The van der Waals surface area contributed by atoms with Crippen LogP contribution in [0, 0.1) is 23.2 Å². The first kappa shape index (κ1) is 23.0. The van der Waals surface area contributed by atoms with Crippen molar-refractivity contribution in [2.75, 3.05) is 20.8 Å². The predicted octanol–water partition coefficient (Wildman–Crippen LogP) is 3.19. The summed E-state index contributed by atoms with van der Waals surface area (Å²) >= 11 is 0. The van der Waals surface area contributed by atoms with Gasteiger partial charge in [0.05, 0.1) is 14.2 Å². The zero-order chi connectivity index (χ0) is 24.3. The third-order valence-corrected chi connectivity index (χ3v) is 8.92. The molecular formula is C26H35N3O5. The molecule has 1 aliphatic heterocycles. The van der Waals surface area contributed by atoms with Gasteiger partial charge in [0, 0.05) is 6.04 Å². The van der Waals surface area contributed by atoms with E-state index in [0.717, 1.165) is 22.7 Å². The molecule has 1 aromatic rings. The molecule has 2 atom stereocenters. The lowest BCUT2D eigenvalue weighted by Gasteiger charge is -2.59. The molecule has 1 saturated heterocycles. The van der Waals surface area contributed by atoms with Crippen LogP contribution in [0.3, 0.4) is 0 Å². The molecule has 5 aliphatic rings. The second-order valence-electron chi connectivity index (χ2n) is 11.1. The third-order valence-electron chi connectivity index (χ3n) is 8.92. The Hall–Kier alpha value is -2.77. The maximum atomic E-state index is 13.3. The molecule has 4 aliphatic carbocycles. The van der Waals surface area contributed by atoms with Gasteiger partial charge in [-0.1, -0.05) is 6.07 Å². The summed E-state index contributed by atoms with van der Waals surface area (Å²) in [7, 11) is 3.05. The summed E-state index contributed by atoms with van der Waals surface area (Å²) < 4.78 is 10.6. The average Bonchev–Trinajstić information content (AvgIpc) is 3.01. The molecule has 184 valence electrons. The standard InChI is InChI=1S/C26H35N3O5/c1-15(26-11-16-7-17(12-26)9-18(8-16)13-26)27-22(30)14-29-23(31)25(2,28-24(29)32)19-5-6-20(33-3)21(10-19)34-4/h5-6,10,15-18H,7-9,11-14H2,1-4H3,(H,27,30)(H,28,32)/t15-,16?,17?,18?,25-,26?/m1/s1. The van der Waals surface area contributed by atoms with Crippen LogP contribution < -0.4 is 20.1 Å². The highest BCUT2D eigenvalue weighted by atomic mass is 16.5. The Morgan fingerprint density at radius 2 is 1.68 bits per heavy atom. The minimum atomic E-state index is -1.29. The number of nitrogens with zero attached hydrogens (tertiary/aromatic N) is 1. The van der Waals surface area contributed by atoms with E-state index in [1.54, 1.807) is 25.1 Å². The second kappa shape index (κ2) is 8.17. The van der Waals surface area contributed by atoms with Gasteiger partial charge in [-0.25, -0.2) is 4.79 Å². The fourth-order valence-electron chi connectivity index (χ4n) is 7.48. The lowest BCUT2D eigenvalue weighted by Crippen LogP contribution is -2.57. The van der Waals surface area contributed by atoms with Crippen molar-refractivity contribution in [1.82, 2.24) is 15.5 Å². The van der Waals surface area contributed by atoms with Gasteiger partial charge < -0.3 is 20.1 Å². The topological polar surface area (TPSA) is 97.0 Å². The van der Waals surface area contributed by atoms with Crippen molar-refractivity contribution in [1.29, 1.82) is 0 Å². The van der Waals surface area contributed by atoms with Crippen molar-refractivity contribution in [3.63, 3.8) is 0 Å². The van der Waals surface area contributed by atoms with Gasteiger partial charge in [0.2, 0.25) is 5.91 Å². The number of hydrogen-bond acceptors (Lipinski definition) is 5. The maximum absolute atomic E-state index is 13.3. The molecule has 6 rings (SSSR count). The second-order valence-corrected chi connectivity index (χ2v) is 11.1. The Morgan fingerprint density at radius 1 is 1.09 bits per heavy atom. The molecule has 34 heavy (non-hydrogen) atoms. The molecule has 4 amide bonds. The van der Waals surface area contributed by atoms with E-state index in [2.05, 4.69) is 17.6 Å². The van der Waals surface area contributed by atoms with Crippen LogP contribution in [0.15, 0.2) is 18.2 Å². The highest BCUT2D eigenvalue weighted by molar-refractivity contribution is 6.09. The quantitative estimate of drug-likeness (QED) is 0.598. The number of urea groups is 1. The van der Waals surface area contributed by atoms with E-state index < -0.39 is 17.5 Å². The van der Waals surface area contributed by atoms with Crippen molar-refractivity contribution < 1.29 is 23.9 Å². The van der Waals surface area contributed by atoms with Crippen LogP contribution in [-0.4, -0.2) is 49.6 Å². The number of imide groups is 1. The Kier molecular flexibility index (Phi) is 5.52. The lowest BCUT2D eigenvalue weighted by atomic mass is 9.48. The molecule has 0 aromatic heterocycles. The Bertz CT molecular complexity index is 988. The number of carbonyl (C=O) groups is 3. The van der Waals surface area contributed by atoms with Crippen molar-refractivity contribution in [3.05, 3.63) is 23.8 Å². The molecule has 1 heterocycles. The van der Waals surface area contributed by atoms with Crippen LogP contribution in [-0.2, 0) is 15.1 Å². The molecule has 0 unspecified atom stereocenters. The molecule has 4 saturated carbocycles. The Morgan fingerprint density at radius 3 is 2.24 bits per heavy atom. The van der Waals surface area contributed by atoms with E-state index in [1.165, 1.54) is 52.7 Å². The molecule has 1 aromatic carbocycles. The first-order valence-electron chi connectivity index (χ1n) is 12.3.